The zero-order chi connectivity index (χ0) is 17.7. The fourth-order valence-corrected chi connectivity index (χ4v) is 1.84. The van der Waals surface area contributed by atoms with Gasteiger partial charge in [-0.25, -0.2) is 13.6 Å². The molecule has 0 unspecified atom stereocenters. The van der Waals surface area contributed by atoms with Gasteiger partial charge in [0.25, 0.3) is 11.6 Å². The van der Waals surface area contributed by atoms with Crippen LogP contribution < -0.4 is 5.32 Å². The molecule has 124 valence electrons. The number of nitro groups is 1. The van der Waals surface area contributed by atoms with Crippen LogP contribution in [0.25, 0.3) is 0 Å². The Hall–Kier alpha value is -3.36. The molecule has 0 saturated heterocycles. The van der Waals surface area contributed by atoms with E-state index in [0.29, 0.717) is 6.07 Å². The molecule has 7 nitrogen and oxygen atoms in total. The van der Waals surface area contributed by atoms with Crippen LogP contribution in [0.15, 0.2) is 42.5 Å². The highest BCUT2D eigenvalue weighted by molar-refractivity contribution is 5.97. The normalized spacial score (nSPS) is 10.1. The number of carbonyl (C=O) groups excluding carboxylic acids is 2. The molecule has 0 aromatic heterocycles. The van der Waals surface area contributed by atoms with Gasteiger partial charge in [-0.15, -0.1) is 0 Å². The molecule has 0 radical (unpaired) electrons. The standard InChI is InChI=1S/C15H10F2N2O5/c16-9-5-10(17)7-11(6-9)18-14(20)8-24-15(21)12-3-1-2-4-13(12)19(22)23/h1-7H,8H2,(H,18,20). The van der Waals surface area contributed by atoms with E-state index in [1.165, 1.54) is 18.2 Å². The molecule has 0 aliphatic heterocycles. The fraction of sp³-hybridized carbons (Fsp3) is 0.0667. The second kappa shape index (κ2) is 7.27. The maximum Gasteiger partial charge on any atom is 0.345 e. The topological polar surface area (TPSA) is 98.5 Å². The second-order valence-corrected chi connectivity index (χ2v) is 4.56. The van der Waals surface area contributed by atoms with Crippen LogP contribution in [0, 0.1) is 21.7 Å². The number of nitro benzene ring substituents is 1. The Morgan fingerprint density at radius 2 is 1.75 bits per heavy atom. The van der Waals surface area contributed by atoms with Gasteiger partial charge < -0.3 is 10.1 Å². The number of carbonyl (C=O) groups is 2. The van der Waals surface area contributed by atoms with Gasteiger partial charge >= 0.3 is 5.97 Å². The molecule has 2 aromatic rings. The van der Waals surface area contributed by atoms with Gasteiger partial charge in [0.1, 0.15) is 17.2 Å². The van der Waals surface area contributed by atoms with Gasteiger partial charge in [0.2, 0.25) is 0 Å². The molecule has 1 amide bonds. The van der Waals surface area contributed by atoms with Crippen molar-refractivity contribution in [3.8, 4) is 0 Å². The van der Waals surface area contributed by atoms with Crippen molar-refractivity contribution in [2.75, 3.05) is 11.9 Å². The SMILES string of the molecule is O=C(COC(=O)c1ccccc1[N+](=O)[O-])Nc1cc(F)cc(F)c1. The lowest BCUT2D eigenvalue weighted by Gasteiger charge is -2.07. The minimum atomic E-state index is -1.07. The smallest absolute Gasteiger partial charge is 0.345 e. The van der Waals surface area contributed by atoms with E-state index in [0.717, 1.165) is 18.2 Å². The number of benzene rings is 2. The second-order valence-electron chi connectivity index (χ2n) is 4.56. The summed E-state index contributed by atoms with van der Waals surface area (Å²) >= 11 is 0. The van der Waals surface area contributed by atoms with Crippen molar-refractivity contribution in [3.63, 3.8) is 0 Å². The molecule has 1 N–H and O–H groups in total. The van der Waals surface area contributed by atoms with Crippen molar-refractivity contribution >= 4 is 23.3 Å². The molecule has 9 heteroatoms. The highest BCUT2D eigenvalue weighted by atomic mass is 19.1. The van der Waals surface area contributed by atoms with Crippen LogP contribution in [0.1, 0.15) is 10.4 Å². The summed E-state index contributed by atoms with van der Waals surface area (Å²) in [5.41, 5.74) is -0.929. The Balaban J connectivity index is 1.99. The van der Waals surface area contributed by atoms with Crippen LogP contribution in [-0.2, 0) is 9.53 Å². The minimum absolute atomic E-state index is 0.153. The molecule has 0 spiro atoms. The number of hydrogen-bond acceptors (Lipinski definition) is 5. The number of anilines is 1. The third-order valence-electron chi connectivity index (χ3n) is 2.80. The largest absolute Gasteiger partial charge is 0.452 e. The van der Waals surface area contributed by atoms with Gasteiger partial charge in [0, 0.05) is 17.8 Å². The van der Waals surface area contributed by atoms with Gasteiger partial charge in [-0.1, -0.05) is 12.1 Å². The van der Waals surface area contributed by atoms with Crippen LogP contribution in [0.3, 0.4) is 0 Å². The minimum Gasteiger partial charge on any atom is -0.452 e. The fourth-order valence-electron chi connectivity index (χ4n) is 1.84. The number of amides is 1. The zero-order valence-corrected chi connectivity index (χ0v) is 12.0. The summed E-state index contributed by atoms with van der Waals surface area (Å²) in [6.45, 7) is -0.775. The molecule has 24 heavy (non-hydrogen) atoms. The van der Waals surface area contributed by atoms with Gasteiger partial charge in [0.15, 0.2) is 6.61 Å². The Kier molecular flexibility index (Phi) is 5.15. The lowest BCUT2D eigenvalue weighted by Crippen LogP contribution is -2.21. The first kappa shape index (κ1) is 17.0. The highest BCUT2D eigenvalue weighted by Gasteiger charge is 2.21. The Bertz CT molecular complexity index is 790. The summed E-state index contributed by atoms with van der Waals surface area (Å²) in [4.78, 5) is 33.5. The van der Waals surface area contributed by atoms with Crippen LogP contribution in [0.4, 0.5) is 20.2 Å². The lowest BCUT2D eigenvalue weighted by atomic mass is 10.2. The molecule has 0 atom stereocenters. The molecule has 0 saturated carbocycles. The first-order chi connectivity index (χ1) is 11.4. The number of esters is 1. The molecule has 2 aromatic carbocycles. The third kappa shape index (κ3) is 4.32. The molecular formula is C15H10F2N2O5. The van der Waals surface area contributed by atoms with Crippen molar-refractivity contribution in [2.45, 2.75) is 0 Å². The number of hydrogen-bond donors (Lipinski definition) is 1. The maximum atomic E-state index is 13.0. The number of nitrogens with one attached hydrogen (secondary N) is 1. The van der Waals surface area contributed by atoms with E-state index in [2.05, 4.69) is 10.1 Å². The average Bonchev–Trinajstić information content (AvgIpc) is 2.51. The number of para-hydroxylation sites is 1. The number of halogens is 2. The van der Waals surface area contributed by atoms with Gasteiger partial charge in [-0.05, 0) is 18.2 Å². The first-order valence-corrected chi connectivity index (χ1v) is 6.53. The van der Waals surface area contributed by atoms with Crippen LogP contribution in [0.2, 0.25) is 0 Å². The van der Waals surface area contributed by atoms with Crippen LogP contribution in [-0.4, -0.2) is 23.4 Å². The summed E-state index contributed by atoms with van der Waals surface area (Å²) in [6, 6.07) is 7.46. The lowest BCUT2D eigenvalue weighted by molar-refractivity contribution is -0.385. The Morgan fingerprint density at radius 1 is 1.12 bits per heavy atom. The quantitative estimate of drug-likeness (QED) is 0.514. The Labute approximate surface area is 134 Å². The van der Waals surface area contributed by atoms with Crippen molar-refractivity contribution in [1.82, 2.24) is 0 Å². The van der Waals surface area contributed by atoms with E-state index in [4.69, 9.17) is 0 Å². The van der Waals surface area contributed by atoms with E-state index in [-0.39, 0.29) is 11.3 Å². The molecule has 2 rings (SSSR count). The molecular weight excluding hydrogens is 326 g/mol. The van der Waals surface area contributed by atoms with Crippen molar-refractivity contribution in [3.05, 3.63) is 69.8 Å². The molecule has 0 heterocycles. The van der Waals surface area contributed by atoms with E-state index in [1.54, 1.807) is 0 Å². The monoisotopic (exact) mass is 336 g/mol. The van der Waals surface area contributed by atoms with Gasteiger partial charge in [-0.2, -0.15) is 0 Å². The highest BCUT2D eigenvalue weighted by Crippen LogP contribution is 2.18. The summed E-state index contributed by atoms with van der Waals surface area (Å²) in [5.74, 6) is -3.70. The predicted molar refractivity (Wildman–Crippen MR) is 78.4 cm³/mol. The van der Waals surface area contributed by atoms with Crippen molar-refractivity contribution in [1.29, 1.82) is 0 Å². The van der Waals surface area contributed by atoms with Crippen LogP contribution >= 0.6 is 0 Å². The number of ether oxygens (including phenoxy) is 1. The Morgan fingerprint density at radius 3 is 2.38 bits per heavy atom. The average molecular weight is 336 g/mol. The van der Waals surface area contributed by atoms with E-state index in [9.17, 15) is 28.5 Å². The maximum absolute atomic E-state index is 13.0. The summed E-state index contributed by atoms with van der Waals surface area (Å²) in [6.07, 6.45) is 0. The predicted octanol–water partition coefficient (Wildman–Crippen LogP) is 2.67. The van der Waals surface area contributed by atoms with E-state index in [1.807, 2.05) is 0 Å². The van der Waals surface area contributed by atoms with Crippen molar-refractivity contribution in [2.24, 2.45) is 0 Å². The number of nitrogens with zero attached hydrogens (tertiary/aromatic N) is 1. The van der Waals surface area contributed by atoms with E-state index >= 15 is 0 Å². The molecule has 0 fully saturated rings. The molecule has 0 aliphatic carbocycles. The molecule has 0 aliphatic rings. The van der Waals surface area contributed by atoms with E-state index < -0.39 is 40.7 Å². The summed E-state index contributed by atoms with van der Waals surface area (Å²) in [5, 5.41) is 13.0. The summed E-state index contributed by atoms with van der Waals surface area (Å²) < 4.78 is 30.7. The third-order valence-corrected chi connectivity index (χ3v) is 2.80. The molecule has 0 bridgehead atoms. The number of rotatable bonds is 5. The zero-order valence-electron chi connectivity index (χ0n) is 12.0. The first-order valence-electron chi connectivity index (χ1n) is 6.53. The summed E-state index contributed by atoms with van der Waals surface area (Å²) in [7, 11) is 0. The van der Waals surface area contributed by atoms with Crippen molar-refractivity contribution < 1.29 is 28.0 Å². The van der Waals surface area contributed by atoms with Gasteiger partial charge in [0.05, 0.1) is 4.92 Å². The van der Waals surface area contributed by atoms with Gasteiger partial charge in [-0.3, -0.25) is 14.9 Å². The van der Waals surface area contributed by atoms with Crippen LogP contribution in [0.5, 0.6) is 0 Å².